The second-order valence-electron chi connectivity index (χ2n) is 12.4. The number of aliphatic hydroxyl groups is 4. The van der Waals surface area contributed by atoms with E-state index >= 15 is 0 Å². The number of ether oxygens (including phenoxy) is 1. The first-order valence-corrected chi connectivity index (χ1v) is 13.9. The smallest absolute Gasteiger partial charge is 0.114 e. The van der Waals surface area contributed by atoms with E-state index in [1.54, 1.807) is 0 Å². The second-order valence-corrected chi connectivity index (χ2v) is 12.4. The summed E-state index contributed by atoms with van der Waals surface area (Å²) < 4.78 is 5.63. The molecule has 0 saturated heterocycles. The molecule has 0 bridgehead atoms. The molecule has 0 aromatic carbocycles. The van der Waals surface area contributed by atoms with E-state index < -0.39 is 23.9 Å². The summed E-state index contributed by atoms with van der Waals surface area (Å²) in [5.41, 5.74) is 2.79. The molecule has 1 unspecified atom stereocenters. The SMILES string of the molecule is C=C1/C(=C\C=C2CCC[C@@]3(C)C2CC[C@@H]3[C@H](C)CCCC(C)(C)O)C[C@@H](O)[C@@H](OCCCO)[C@H]1O. The highest BCUT2D eigenvalue weighted by Gasteiger charge is 2.50. The van der Waals surface area contributed by atoms with Gasteiger partial charge in [0.1, 0.15) is 12.2 Å². The van der Waals surface area contributed by atoms with Crippen molar-refractivity contribution in [2.75, 3.05) is 13.2 Å². The zero-order valence-corrected chi connectivity index (χ0v) is 22.5. The van der Waals surface area contributed by atoms with Crippen molar-refractivity contribution in [3.8, 4) is 0 Å². The molecule has 0 aromatic heterocycles. The molecule has 5 heteroatoms. The minimum absolute atomic E-state index is 0.0269. The fourth-order valence-corrected chi connectivity index (χ4v) is 7.21. The van der Waals surface area contributed by atoms with Gasteiger partial charge >= 0.3 is 0 Å². The average molecular weight is 491 g/mol. The first-order valence-electron chi connectivity index (χ1n) is 13.9. The van der Waals surface area contributed by atoms with Crippen molar-refractivity contribution in [1.29, 1.82) is 0 Å². The lowest BCUT2D eigenvalue weighted by atomic mass is 9.60. The van der Waals surface area contributed by atoms with Gasteiger partial charge in [0.25, 0.3) is 0 Å². The standard InChI is InChI=1S/C30H50O5/c1-20(9-6-15-29(3,4)34)24-13-14-25-22(10-7-16-30(24,25)5)11-12-23-19-26(32)28(27(33)21(23)2)35-18-8-17-31/h11-12,20,24-28,31-34H,2,6-10,13-19H2,1,3-5H3/b22-11?,23-12-/t20-,24-,25?,26-,27+,28-,30-/m1/s1. The summed E-state index contributed by atoms with van der Waals surface area (Å²) in [6.45, 7) is 13.2. The summed E-state index contributed by atoms with van der Waals surface area (Å²) >= 11 is 0. The van der Waals surface area contributed by atoms with Crippen LogP contribution in [0.25, 0.3) is 0 Å². The Balaban J connectivity index is 1.67. The fourth-order valence-electron chi connectivity index (χ4n) is 7.21. The molecule has 0 amide bonds. The van der Waals surface area contributed by atoms with E-state index in [1.165, 1.54) is 37.7 Å². The Morgan fingerprint density at radius 2 is 1.94 bits per heavy atom. The van der Waals surface area contributed by atoms with Crippen LogP contribution in [0.2, 0.25) is 0 Å². The van der Waals surface area contributed by atoms with Crippen LogP contribution in [-0.2, 0) is 4.74 Å². The lowest BCUT2D eigenvalue weighted by molar-refractivity contribution is -0.0968. The molecule has 0 aromatic rings. The molecule has 200 valence electrons. The molecule has 0 spiro atoms. The number of aliphatic hydroxyl groups excluding tert-OH is 3. The number of allylic oxidation sites excluding steroid dienone is 3. The Kier molecular flexibility index (Phi) is 9.84. The third-order valence-corrected chi connectivity index (χ3v) is 9.17. The van der Waals surface area contributed by atoms with Gasteiger partial charge in [0.05, 0.1) is 11.7 Å². The molecule has 3 aliphatic rings. The van der Waals surface area contributed by atoms with Crippen LogP contribution in [-0.4, -0.2) is 57.6 Å². The summed E-state index contributed by atoms with van der Waals surface area (Å²) in [4.78, 5) is 0. The minimum atomic E-state index is -0.931. The number of fused-ring (bicyclic) bond motifs is 1. The molecular weight excluding hydrogens is 440 g/mol. The van der Waals surface area contributed by atoms with Crippen molar-refractivity contribution >= 4 is 0 Å². The molecular formula is C30H50O5. The fraction of sp³-hybridized carbons (Fsp3) is 0.800. The van der Waals surface area contributed by atoms with Crippen LogP contribution in [0, 0.1) is 23.2 Å². The Morgan fingerprint density at radius 1 is 1.20 bits per heavy atom. The molecule has 4 N–H and O–H groups in total. The molecule has 3 aliphatic carbocycles. The summed E-state index contributed by atoms with van der Waals surface area (Å²) in [6.07, 6.45) is 12.1. The average Bonchev–Trinajstić information content (AvgIpc) is 3.14. The van der Waals surface area contributed by atoms with Crippen LogP contribution in [0.15, 0.2) is 35.5 Å². The van der Waals surface area contributed by atoms with Crippen LogP contribution in [0.1, 0.15) is 91.9 Å². The van der Waals surface area contributed by atoms with Gasteiger partial charge in [-0.3, -0.25) is 0 Å². The van der Waals surface area contributed by atoms with E-state index in [2.05, 4.69) is 32.6 Å². The van der Waals surface area contributed by atoms with E-state index in [-0.39, 0.29) is 6.61 Å². The monoisotopic (exact) mass is 490 g/mol. The van der Waals surface area contributed by atoms with Gasteiger partial charge in [0, 0.05) is 19.6 Å². The van der Waals surface area contributed by atoms with Crippen molar-refractivity contribution in [3.63, 3.8) is 0 Å². The van der Waals surface area contributed by atoms with E-state index in [1.807, 2.05) is 13.8 Å². The lowest BCUT2D eigenvalue weighted by Crippen LogP contribution is -2.45. The summed E-state index contributed by atoms with van der Waals surface area (Å²) in [7, 11) is 0. The highest BCUT2D eigenvalue weighted by molar-refractivity contribution is 5.40. The maximum Gasteiger partial charge on any atom is 0.114 e. The van der Waals surface area contributed by atoms with Crippen LogP contribution in [0.3, 0.4) is 0 Å². The minimum Gasteiger partial charge on any atom is -0.396 e. The Hall–Kier alpha value is -0.980. The van der Waals surface area contributed by atoms with Gasteiger partial charge in [0.2, 0.25) is 0 Å². The van der Waals surface area contributed by atoms with Crippen LogP contribution < -0.4 is 0 Å². The van der Waals surface area contributed by atoms with Gasteiger partial charge in [0.15, 0.2) is 0 Å². The van der Waals surface area contributed by atoms with Crippen molar-refractivity contribution in [2.45, 2.75) is 116 Å². The van der Waals surface area contributed by atoms with Crippen LogP contribution >= 0.6 is 0 Å². The third kappa shape index (κ3) is 6.87. The quantitative estimate of drug-likeness (QED) is 0.321. The highest BCUT2D eigenvalue weighted by atomic mass is 16.5. The molecule has 3 saturated carbocycles. The topological polar surface area (TPSA) is 90.2 Å². The zero-order chi connectivity index (χ0) is 25.8. The summed E-state index contributed by atoms with van der Waals surface area (Å²) in [5.74, 6) is 1.98. The molecule has 0 aliphatic heterocycles. The Morgan fingerprint density at radius 3 is 2.63 bits per heavy atom. The highest BCUT2D eigenvalue weighted by Crippen LogP contribution is 2.60. The van der Waals surface area contributed by atoms with E-state index in [9.17, 15) is 15.3 Å². The predicted molar refractivity (Wildman–Crippen MR) is 141 cm³/mol. The summed E-state index contributed by atoms with van der Waals surface area (Å²) in [6, 6.07) is 0. The summed E-state index contributed by atoms with van der Waals surface area (Å²) in [5, 5.41) is 40.4. The molecule has 0 heterocycles. The normalized spacial score (nSPS) is 37.1. The van der Waals surface area contributed by atoms with E-state index in [4.69, 9.17) is 9.84 Å². The molecule has 5 nitrogen and oxygen atoms in total. The van der Waals surface area contributed by atoms with Gasteiger partial charge in [-0.05, 0) is 93.1 Å². The molecule has 7 atom stereocenters. The van der Waals surface area contributed by atoms with Crippen molar-refractivity contribution in [3.05, 3.63) is 35.5 Å². The Bertz CT molecular complexity index is 778. The second kappa shape index (κ2) is 12.0. The third-order valence-electron chi connectivity index (χ3n) is 9.17. The van der Waals surface area contributed by atoms with E-state index in [0.29, 0.717) is 42.3 Å². The van der Waals surface area contributed by atoms with Gasteiger partial charge in [-0.2, -0.15) is 0 Å². The molecule has 3 fully saturated rings. The maximum atomic E-state index is 10.7. The number of rotatable bonds is 10. The first-order chi connectivity index (χ1) is 16.5. The Labute approximate surface area is 213 Å². The van der Waals surface area contributed by atoms with Crippen LogP contribution in [0.5, 0.6) is 0 Å². The van der Waals surface area contributed by atoms with Crippen molar-refractivity contribution in [1.82, 2.24) is 0 Å². The van der Waals surface area contributed by atoms with Crippen LogP contribution in [0.4, 0.5) is 0 Å². The number of hydrogen-bond acceptors (Lipinski definition) is 5. The van der Waals surface area contributed by atoms with E-state index in [0.717, 1.165) is 30.8 Å². The molecule has 0 radical (unpaired) electrons. The largest absolute Gasteiger partial charge is 0.396 e. The predicted octanol–water partition coefficient (Wildman–Crippen LogP) is 5.08. The van der Waals surface area contributed by atoms with Gasteiger partial charge in [-0.1, -0.05) is 51.0 Å². The first kappa shape index (κ1) is 28.6. The van der Waals surface area contributed by atoms with Gasteiger partial charge in [-0.15, -0.1) is 0 Å². The number of hydrogen-bond donors (Lipinski definition) is 4. The van der Waals surface area contributed by atoms with Gasteiger partial charge in [-0.25, -0.2) is 0 Å². The van der Waals surface area contributed by atoms with Gasteiger partial charge < -0.3 is 25.2 Å². The molecule has 35 heavy (non-hydrogen) atoms. The zero-order valence-electron chi connectivity index (χ0n) is 22.5. The maximum absolute atomic E-state index is 10.7. The molecule has 3 rings (SSSR count). The van der Waals surface area contributed by atoms with Crippen molar-refractivity contribution < 1.29 is 25.2 Å². The van der Waals surface area contributed by atoms with Crippen molar-refractivity contribution in [2.24, 2.45) is 23.2 Å². The lowest BCUT2D eigenvalue weighted by Gasteiger charge is -2.44.